The second-order valence-electron chi connectivity index (χ2n) is 3.54. The lowest BCUT2D eigenvalue weighted by Crippen LogP contribution is -2.27. The van der Waals surface area contributed by atoms with Crippen LogP contribution in [0.5, 0.6) is 0 Å². The molecule has 0 spiro atoms. The van der Waals surface area contributed by atoms with Crippen LogP contribution >= 0.6 is 11.6 Å². The molecule has 0 aliphatic heterocycles. The third-order valence-electron chi connectivity index (χ3n) is 3.00. The van der Waals surface area contributed by atoms with Gasteiger partial charge >= 0.3 is 0 Å². The SMILES string of the molecule is C=C[C@H]1C[C@H]2C[C@@H]1C(=O)C2Cl. The molecule has 2 aliphatic rings. The first-order valence-corrected chi connectivity index (χ1v) is 4.48. The summed E-state index contributed by atoms with van der Waals surface area (Å²) in [7, 11) is 0. The Morgan fingerprint density at radius 1 is 1.55 bits per heavy atom. The fraction of sp³-hybridized carbons (Fsp3) is 0.667. The lowest BCUT2D eigenvalue weighted by molar-refractivity contribution is -0.122. The molecule has 0 heterocycles. The molecule has 11 heavy (non-hydrogen) atoms. The molecule has 2 rings (SSSR count). The molecule has 0 aromatic rings. The number of rotatable bonds is 1. The molecule has 2 saturated carbocycles. The van der Waals surface area contributed by atoms with Gasteiger partial charge in [0, 0.05) is 5.92 Å². The van der Waals surface area contributed by atoms with Crippen LogP contribution in [0.3, 0.4) is 0 Å². The quantitative estimate of drug-likeness (QED) is 0.435. The second-order valence-corrected chi connectivity index (χ2v) is 4.01. The van der Waals surface area contributed by atoms with E-state index in [0.717, 1.165) is 12.8 Å². The number of hydrogen-bond acceptors (Lipinski definition) is 1. The molecule has 2 bridgehead atoms. The third kappa shape index (κ3) is 0.871. The highest BCUT2D eigenvalue weighted by molar-refractivity contribution is 6.32. The first-order chi connectivity index (χ1) is 5.24. The zero-order chi connectivity index (χ0) is 8.01. The van der Waals surface area contributed by atoms with Crippen LogP contribution in [0.2, 0.25) is 0 Å². The van der Waals surface area contributed by atoms with Crippen LogP contribution in [0.15, 0.2) is 12.7 Å². The summed E-state index contributed by atoms with van der Waals surface area (Å²) in [6.45, 7) is 3.73. The van der Waals surface area contributed by atoms with Gasteiger partial charge in [-0.15, -0.1) is 18.2 Å². The minimum Gasteiger partial charge on any atom is -0.298 e. The molecule has 4 atom stereocenters. The zero-order valence-corrected chi connectivity index (χ0v) is 7.05. The molecule has 0 amide bonds. The van der Waals surface area contributed by atoms with Gasteiger partial charge in [0.05, 0.1) is 5.38 Å². The van der Waals surface area contributed by atoms with Gasteiger partial charge in [0.15, 0.2) is 5.78 Å². The summed E-state index contributed by atoms with van der Waals surface area (Å²) in [6.07, 6.45) is 3.99. The van der Waals surface area contributed by atoms with E-state index in [-0.39, 0.29) is 17.1 Å². The van der Waals surface area contributed by atoms with Gasteiger partial charge in [-0.1, -0.05) is 6.08 Å². The van der Waals surface area contributed by atoms with E-state index in [9.17, 15) is 4.79 Å². The first-order valence-electron chi connectivity index (χ1n) is 4.04. The van der Waals surface area contributed by atoms with E-state index in [1.54, 1.807) is 0 Å². The van der Waals surface area contributed by atoms with Gasteiger partial charge < -0.3 is 0 Å². The van der Waals surface area contributed by atoms with Crippen molar-refractivity contribution in [3.8, 4) is 0 Å². The highest BCUT2D eigenvalue weighted by Gasteiger charge is 2.50. The van der Waals surface area contributed by atoms with Crippen LogP contribution in [0.25, 0.3) is 0 Å². The smallest absolute Gasteiger partial charge is 0.154 e. The summed E-state index contributed by atoms with van der Waals surface area (Å²) in [5, 5.41) is -0.184. The van der Waals surface area contributed by atoms with Crippen molar-refractivity contribution >= 4 is 17.4 Å². The predicted octanol–water partition coefficient (Wildman–Crippen LogP) is 2.00. The van der Waals surface area contributed by atoms with Crippen molar-refractivity contribution in [1.29, 1.82) is 0 Å². The molecule has 2 aliphatic carbocycles. The molecule has 1 nitrogen and oxygen atoms in total. The van der Waals surface area contributed by atoms with Crippen molar-refractivity contribution in [3.05, 3.63) is 12.7 Å². The van der Waals surface area contributed by atoms with Gasteiger partial charge in [-0.25, -0.2) is 0 Å². The van der Waals surface area contributed by atoms with E-state index in [0.29, 0.717) is 11.8 Å². The van der Waals surface area contributed by atoms with Crippen molar-refractivity contribution in [3.63, 3.8) is 0 Å². The van der Waals surface area contributed by atoms with Crippen LogP contribution < -0.4 is 0 Å². The largest absolute Gasteiger partial charge is 0.298 e. The van der Waals surface area contributed by atoms with Crippen molar-refractivity contribution in [2.75, 3.05) is 0 Å². The molecule has 0 aromatic carbocycles. The van der Waals surface area contributed by atoms with Crippen molar-refractivity contribution in [2.24, 2.45) is 17.8 Å². The Hall–Kier alpha value is -0.300. The average Bonchev–Trinajstić information content (AvgIpc) is 2.53. The van der Waals surface area contributed by atoms with Crippen molar-refractivity contribution in [2.45, 2.75) is 18.2 Å². The summed E-state index contributed by atoms with van der Waals surface area (Å²) >= 11 is 5.90. The Labute approximate surface area is 71.4 Å². The number of carbonyl (C=O) groups excluding carboxylic acids is 1. The number of carbonyl (C=O) groups is 1. The number of Topliss-reactive ketones (excluding diaryl/α,β-unsaturated/α-hetero) is 1. The number of allylic oxidation sites excluding steroid dienone is 1. The molecule has 0 N–H and O–H groups in total. The third-order valence-corrected chi connectivity index (χ3v) is 3.57. The first kappa shape index (κ1) is 7.35. The lowest BCUT2D eigenvalue weighted by atomic mass is 9.88. The van der Waals surface area contributed by atoms with E-state index in [1.807, 2.05) is 6.08 Å². The number of hydrogen-bond donors (Lipinski definition) is 0. The molecule has 0 aromatic heterocycles. The highest BCUT2D eigenvalue weighted by Crippen LogP contribution is 2.48. The Balaban J connectivity index is 2.22. The molecule has 1 unspecified atom stereocenters. The summed E-state index contributed by atoms with van der Waals surface area (Å²) in [5.41, 5.74) is 0. The van der Waals surface area contributed by atoms with E-state index in [1.165, 1.54) is 0 Å². The number of halogens is 1. The van der Waals surface area contributed by atoms with Gasteiger partial charge in [0.2, 0.25) is 0 Å². The highest BCUT2D eigenvalue weighted by atomic mass is 35.5. The maximum atomic E-state index is 11.4. The van der Waals surface area contributed by atoms with Crippen LogP contribution in [0.1, 0.15) is 12.8 Å². The van der Waals surface area contributed by atoms with E-state index in [4.69, 9.17) is 11.6 Å². The fourth-order valence-electron chi connectivity index (χ4n) is 2.37. The molecule has 2 fully saturated rings. The molecular formula is C9H11ClO. The maximum Gasteiger partial charge on any atom is 0.154 e. The van der Waals surface area contributed by atoms with Crippen molar-refractivity contribution in [1.82, 2.24) is 0 Å². The number of ketones is 1. The Bertz CT molecular complexity index is 210. The van der Waals surface area contributed by atoms with Crippen LogP contribution in [-0.4, -0.2) is 11.2 Å². The lowest BCUT2D eigenvalue weighted by Gasteiger charge is -2.19. The zero-order valence-electron chi connectivity index (χ0n) is 6.29. The summed E-state index contributed by atoms with van der Waals surface area (Å²) in [5.74, 6) is 1.33. The van der Waals surface area contributed by atoms with E-state index in [2.05, 4.69) is 6.58 Å². The van der Waals surface area contributed by atoms with E-state index >= 15 is 0 Å². The minimum absolute atomic E-state index is 0.184. The van der Waals surface area contributed by atoms with Gasteiger partial charge in [-0.05, 0) is 24.7 Å². The summed E-state index contributed by atoms with van der Waals surface area (Å²) < 4.78 is 0. The maximum absolute atomic E-state index is 11.4. The molecule has 2 heteroatoms. The Morgan fingerprint density at radius 3 is 2.73 bits per heavy atom. The molecule has 60 valence electrons. The van der Waals surface area contributed by atoms with Crippen LogP contribution in [0.4, 0.5) is 0 Å². The predicted molar refractivity (Wildman–Crippen MR) is 44.5 cm³/mol. The summed E-state index contributed by atoms with van der Waals surface area (Å²) in [4.78, 5) is 11.4. The van der Waals surface area contributed by atoms with E-state index < -0.39 is 0 Å². The average molecular weight is 171 g/mol. The van der Waals surface area contributed by atoms with Crippen LogP contribution in [-0.2, 0) is 4.79 Å². The van der Waals surface area contributed by atoms with Crippen LogP contribution in [0, 0.1) is 17.8 Å². The van der Waals surface area contributed by atoms with Gasteiger partial charge in [-0.2, -0.15) is 0 Å². The molecular weight excluding hydrogens is 160 g/mol. The Kier molecular flexibility index (Phi) is 1.57. The summed E-state index contributed by atoms with van der Waals surface area (Å²) in [6, 6.07) is 0. The van der Waals surface area contributed by atoms with Gasteiger partial charge in [0.25, 0.3) is 0 Å². The number of alkyl halides is 1. The standard InChI is InChI=1S/C9H11ClO/c1-2-5-3-6-4-7(5)9(11)8(6)10/h2,5-8H,1,3-4H2/t5-,6-,7-,8?/m0/s1. The minimum atomic E-state index is -0.184. The molecule has 0 radical (unpaired) electrons. The Morgan fingerprint density at radius 2 is 2.27 bits per heavy atom. The monoisotopic (exact) mass is 170 g/mol. The fourth-order valence-corrected chi connectivity index (χ4v) is 2.74. The topological polar surface area (TPSA) is 17.1 Å². The second kappa shape index (κ2) is 2.34. The van der Waals surface area contributed by atoms with Crippen molar-refractivity contribution < 1.29 is 4.79 Å². The normalized spacial score (nSPS) is 48.3. The van der Waals surface area contributed by atoms with Gasteiger partial charge in [0.1, 0.15) is 0 Å². The molecule has 0 saturated heterocycles. The van der Waals surface area contributed by atoms with Gasteiger partial charge in [-0.3, -0.25) is 4.79 Å². The number of fused-ring (bicyclic) bond motifs is 2.